The van der Waals surface area contributed by atoms with Gasteiger partial charge in [-0.25, -0.2) is 4.98 Å². The number of carbonyl (C=O) groups excluding carboxylic acids is 1. The summed E-state index contributed by atoms with van der Waals surface area (Å²) in [4.78, 5) is 32.5. The van der Waals surface area contributed by atoms with Gasteiger partial charge in [-0.05, 0) is 38.6 Å². The lowest BCUT2D eigenvalue weighted by Crippen LogP contribution is -2.31. The highest BCUT2D eigenvalue weighted by atomic mass is 16.2. The van der Waals surface area contributed by atoms with Gasteiger partial charge in [0.2, 0.25) is 11.9 Å². The quantitative estimate of drug-likeness (QED) is 0.619. The third-order valence-electron chi connectivity index (χ3n) is 6.08. The molecule has 0 aliphatic carbocycles. The number of rotatable bonds is 8. The molecule has 0 spiro atoms. The summed E-state index contributed by atoms with van der Waals surface area (Å²) in [6.07, 6.45) is 5.34. The normalized spacial score (nSPS) is 18.2. The number of likely N-dealkylation sites (N-methyl/N-ethyl adjacent to an activating group) is 1. The van der Waals surface area contributed by atoms with Crippen LogP contribution in [-0.2, 0) is 17.8 Å². The van der Waals surface area contributed by atoms with Crippen LogP contribution in [0.3, 0.4) is 0 Å². The van der Waals surface area contributed by atoms with Crippen molar-refractivity contribution in [3.63, 3.8) is 0 Å². The first kappa shape index (κ1) is 21.3. The number of hydrogen-bond donors (Lipinski definition) is 2. The van der Waals surface area contributed by atoms with Crippen molar-refractivity contribution in [3.05, 3.63) is 29.5 Å². The molecule has 2 aromatic rings. The van der Waals surface area contributed by atoms with Crippen molar-refractivity contribution in [2.45, 2.75) is 45.2 Å². The SMILES string of the molecule is CCCCNc1nc(N)c2c(n1)N(Cc1ccc(N3CC[C@H](N(C)C)C3)nc1)C(=O)C2. The van der Waals surface area contributed by atoms with E-state index in [0.29, 0.717) is 35.7 Å². The molecule has 2 aliphatic rings. The number of pyridine rings is 1. The van der Waals surface area contributed by atoms with Gasteiger partial charge < -0.3 is 20.9 Å². The molecule has 1 atom stereocenters. The van der Waals surface area contributed by atoms with Crippen LogP contribution < -0.4 is 20.9 Å². The van der Waals surface area contributed by atoms with Crippen LogP contribution in [-0.4, -0.2) is 65.5 Å². The van der Waals surface area contributed by atoms with Gasteiger partial charge in [0.05, 0.1) is 13.0 Å². The number of fused-ring (bicyclic) bond motifs is 1. The number of nitrogens with zero attached hydrogens (tertiary/aromatic N) is 6. The molecular weight excluding hydrogens is 392 g/mol. The Morgan fingerprint density at radius 2 is 2.13 bits per heavy atom. The fraction of sp³-hybridized carbons (Fsp3) is 0.545. The van der Waals surface area contributed by atoms with E-state index in [0.717, 1.165) is 50.3 Å². The van der Waals surface area contributed by atoms with Crippen LogP contribution in [0, 0.1) is 0 Å². The summed E-state index contributed by atoms with van der Waals surface area (Å²) in [5, 5.41) is 3.20. The van der Waals surface area contributed by atoms with Gasteiger partial charge in [-0.15, -0.1) is 0 Å². The van der Waals surface area contributed by atoms with Crippen molar-refractivity contribution in [1.29, 1.82) is 0 Å². The van der Waals surface area contributed by atoms with Crippen molar-refractivity contribution in [1.82, 2.24) is 19.9 Å². The summed E-state index contributed by atoms with van der Waals surface area (Å²) in [5.74, 6) is 2.42. The van der Waals surface area contributed by atoms with Crippen LogP contribution in [0.1, 0.15) is 37.3 Å². The Morgan fingerprint density at radius 1 is 1.29 bits per heavy atom. The van der Waals surface area contributed by atoms with E-state index in [4.69, 9.17) is 5.73 Å². The number of hydrogen-bond acceptors (Lipinski definition) is 8. The maximum absolute atomic E-state index is 12.7. The lowest BCUT2D eigenvalue weighted by molar-refractivity contribution is -0.117. The molecule has 4 rings (SSSR count). The minimum absolute atomic E-state index is 0.0147. The van der Waals surface area contributed by atoms with Gasteiger partial charge in [0.1, 0.15) is 17.5 Å². The molecule has 2 aromatic heterocycles. The molecule has 9 heteroatoms. The molecule has 2 aliphatic heterocycles. The Kier molecular flexibility index (Phi) is 6.22. The summed E-state index contributed by atoms with van der Waals surface area (Å²) < 4.78 is 0. The average molecular weight is 425 g/mol. The predicted molar refractivity (Wildman–Crippen MR) is 123 cm³/mol. The second kappa shape index (κ2) is 9.05. The van der Waals surface area contributed by atoms with Gasteiger partial charge >= 0.3 is 0 Å². The molecular formula is C22H32N8O. The second-order valence-electron chi connectivity index (χ2n) is 8.55. The second-order valence-corrected chi connectivity index (χ2v) is 8.55. The van der Waals surface area contributed by atoms with E-state index in [2.05, 4.69) is 51.1 Å². The van der Waals surface area contributed by atoms with Crippen molar-refractivity contribution < 1.29 is 4.79 Å². The Bertz CT molecular complexity index is 930. The van der Waals surface area contributed by atoms with E-state index in [1.54, 1.807) is 4.90 Å². The summed E-state index contributed by atoms with van der Waals surface area (Å²) in [5.41, 5.74) is 7.80. The van der Waals surface area contributed by atoms with Crippen LogP contribution in [0.2, 0.25) is 0 Å². The molecule has 166 valence electrons. The van der Waals surface area contributed by atoms with E-state index < -0.39 is 0 Å². The van der Waals surface area contributed by atoms with E-state index in [1.165, 1.54) is 0 Å². The predicted octanol–water partition coefficient (Wildman–Crippen LogP) is 1.90. The Labute approximate surface area is 183 Å². The van der Waals surface area contributed by atoms with Gasteiger partial charge in [-0.1, -0.05) is 19.4 Å². The highest BCUT2D eigenvalue weighted by molar-refractivity contribution is 6.01. The molecule has 4 heterocycles. The molecule has 1 fully saturated rings. The lowest BCUT2D eigenvalue weighted by Gasteiger charge is -2.21. The summed E-state index contributed by atoms with van der Waals surface area (Å²) in [6, 6.07) is 4.65. The topological polar surface area (TPSA) is 104 Å². The molecule has 0 bridgehead atoms. The minimum Gasteiger partial charge on any atom is -0.383 e. The van der Waals surface area contributed by atoms with Gasteiger partial charge in [0, 0.05) is 37.4 Å². The lowest BCUT2D eigenvalue weighted by atomic mass is 10.2. The first-order valence-electron chi connectivity index (χ1n) is 11.0. The molecule has 0 saturated carbocycles. The first-order chi connectivity index (χ1) is 15.0. The third kappa shape index (κ3) is 4.56. The van der Waals surface area contributed by atoms with Crippen LogP contribution >= 0.6 is 0 Å². The average Bonchev–Trinajstić information content (AvgIpc) is 3.36. The fourth-order valence-electron chi connectivity index (χ4n) is 4.12. The first-order valence-corrected chi connectivity index (χ1v) is 11.0. The van der Waals surface area contributed by atoms with Crippen molar-refractivity contribution in [2.75, 3.05) is 54.6 Å². The van der Waals surface area contributed by atoms with Crippen LogP contribution in [0.25, 0.3) is 0 Å². The maximum Gasteiger partial charge on any atom is 0.233 e. The minimum atomic E-state index is -0.0147. The van der Waals surface area contributed by atoms with Crippen molar-refractivity contribution in [3.8, 4) is 0 Å². The zero-order chi connectivity index (χ0) is 22.0. The Morgan fingerprint density at radius 3 is 2.81 bits per heavy atom. The van der Waals surface area contributed by atoms with E-state index in [1.807, 2.05) is 18.3 Å². The molecule has 1 amide bonds. The standard InChI is InChI=1S/C22H32N8O/c1-4-5-9-24-22-26-20(23)17-11-19(31)30(21(17)27-22)13-15-6-7-18(25-12-15)29-10-8-16(14-29)28(2)3/h6-7,12,16H,4-5,8-11,13-14H2,1-3H3,(H3,23,24,26,27)/t16-/m0/s1. The van der Waals surface area contributed by atoms with Crippen LogP contribution in [0.5, 0.6) is 0 Å². The monoisotopic (exact) mass is 424 g/mol. The van der Waals surface area contributed by atoms with Gasteiger partial charge in [0.25, 0.3) is 0 Å². The maximum atomic E-state index is 12.7. The summed E-state index contributed by atoms with van der Waals surface area (Å²) in [7, 11) is 4.24. The number of amides is 1. The van der Waals surface area contributed by atoms with Crippen LogP contribution in [0.4, 0.5) is 23.4 Å². The number of carbonyl (C=O) groups is 1. The highest BCUT2D eigenvalue weighted by Gasteiger charge is 2.32. The van der Waals surface area contributed by atoms with Crippen molar-refractivity contribution in [2.24, 2.45) is 0 Å². The molecule has 31 heavy (non-hydrogen) atoms. The number of nitrogen functional groups attached to an aromatic ring is 1. The largest absolute Gasteiger partial charge is 0.383 e. The smallest absolute Gasteiger partial charge is 0.233 e. The molecule has 9 nitrogen and oxygen atoms in total. The summed E-state index contributed by atoms with van der Waals surface area (Å²) in [6.45, 7) is 5.33. The summed E-state index contributed by atoms with van der Waals surface area (Å²) >= 11 is 0. The zero-order valence-electron chi connectivity index (χ0n) is 18.6. The Hall–Kier alpha value is -2.94. The van der Waals surface area contributed by atoms with Gasteiger partial charge in [-0.3, -0.25) is 9.69 Å². The number of anilines is 4. The number of aromatic nitrogens is 3. The number of unbranched alkanes of at least 4 members (excludes halogenated alkanes) is 1. The van der Waals surface area contributed by atoms with Crippen LogP contribution in [0.15, 0.2) is 18.3 Å². The van der Waals surface area contributed by atoms with Gasteiger partial charge in [0.15, 0.2) is 0 Å². The molecule has 0 aromatic carbocycles. The van der Waals surface area contributed by atoms with Gasteiger partial charge in [-0.2, -0.15) is 9.97 Å². The number of nitrogens with two attached hydrogens (primary N) is 1. The fourth-order valence-corrected chi connectivity index (χ4v) is 4.12. The van der Waals surface area contributed by atoms with E-state index in [9.17, 15) is 4.79 Å². The molecule has 0 unspecified atom stereocenters. The Balaban J connectivity index is 1.47. The van der Waals surface area contributed by atoms with E-state index >= 15 is 0 Å². The molecule has 3 N–H and O–H groups in total. The highest BCUT2D eigenvalue weighted by Crippen LogP contribution is 2.32. The number of nitrogens with one attached hydrogen (secondary N) is 1. The van der Waals surface area contributed by atoms with Crippen molar-refractivity contribution >= 4 is 29.3 Å². The third-order valence-corrected chi connectivity index (χ3v) is 6.08. The molecule has 1 saturated heterocycles. The zero-order valence-corrected chi connectivity index (χ0v) is 18.6. The van der Waals surface area contributed by atoms with E-state index in [-0.39, 0.29) is 12.3 Å². The molecule has 0 radical (unpaired) electrons.